The van der Waals surface area contributed by atoms with Gasteiger partial charge in [0.2, 0.25) is 5.91 Å². The second-order valence-corrected chi connectivity index (χ2v) is 7.56. The molecular weight excluding hydrogens is 430 g/mol. The third-order valence-electron chi connectivity index (χ3n) is 4.13. The molecule has 7 N–H and O–H groups in total. The monoisotopic (exact) mass is 455 g/mol. The van der Waals surface area contributed by atoms with E-state index in [1.54, 1.807) is 26.4 Å². The molecule has 0 aliphatic heterocycles. The third-order valence-corrected chi connectivity index (χ3v) is 5.09. The van der Waals surface area contributed by atoms with Crippen molar-refractivity contribution in [1.82, 2.24) is 30.0 Å². The van der Waals surface area contributed by atoms with Crippen molar-refractivity contribution in [2.45, 2.75) is 27.7 Å². The van der Waals surface area contributed by atoms with Gasteiger partial charge in [0.1, 0.15) is 11.0 Å². The van der Waals surface area contributed by atoms with Crippen molar-refractivity contribution in [2.75, 3.05) is 11.9 Å². The van der Waals surface area contributed by atoms with Crippen LogP contribution in [0.2, 0.25) is 0 Å². The molecule has 3 aromatic heterocycles. The topological polar surface area (TPSA) is 170 Å². The van der Waals surface area contributed by atoms with E-state index in [0.29, 0.717) is 22.3 Å². The Bertz CT molecular complexity index is 1220. The number of urea groups is 1. The van der Waals surface area contributed by atoms with Gasteiger partial charge in [-0.3, -0.25) is 19.8 Å². The van der Waals surface area contributed by atoms with Crippen LogP contribution in [0.25, 0.3) is 21.7 Å². The molecule has 0 saturated heterocycles. The summed E-state index contributed by atoms with van der Waals surface area (Å²) in [6.45, 7) is 7.26. The zero-order valence-electron chi connectivity index (χ0n) is 18.2. The van der Waals surface area contributed by atoms with Crippen LogP contribution in [-0.4, -0.2) is 43.2 Å². The number of nitrogens with two attached hydrogens (primary N) is 2. The van der Waals surface area contributed by atoms with Gasteiger partial charge >= 0.3 is 6.03 Å². The molecule has 0 bridgehead atoms. The van der Waals surface area contributed by atoms with Crippen molar-refractivity contribution in [3.05, 3.63) is 35.6 Å². The van der Waals surface area contributed by atoms with Crippen LogP contribution in [0.1, 0.15) is 33.4 Å². The Morgan fingerprint density at radius 2 is 2.06 bits per heavy atom. The number of hydrogen-bond acceptors (Lipinski definition) is 7. The fraction of sp³-hybridized carbons (Fsp3) is 0.250. The van der Waals surface area contributed by atoms with Gasteiger partial charge in [0, 0.05) is 5.70 Å². The highest BCUT2D eigenvalue weighted by Gasteiger charge is 2.17. The number of rotatable bonds is 6. The molecule has 12 heteroatoms. The zero-order valence-corrected chi connectivity index (χ0v) is 19.0. The lowest BCUT2D eigenvalue weighted by molar-refractivity contribution is -0.119. The highest BCUT2D eigenvalue weighted by atomic mass is 32.1. The van der Waals surface area contributed by atoms with Crippen LogP contribution in [0, 0.1) is 12.3 Å². The Morgan fingerprint density at radius 3 is 2.69 bits per heavy atom. The highest BCUT2D eigenvalue weighted by molar-refractivity contribution is 7.22. The fourth-order valence-electron chi connectivity index (χ4n) is 2.71. The zero-order chi connectivity index (χ0) is 23.8. The second kappa shape index (κ2) is 10.9. The van der Waals surface area contributed by atoms with Crippen molar-refractivity contribution in [3.63, 3.8) is 0 Å². The number of fused-ring (bicyclic) bond motifs is 1. The van der Waals surface area contributed by atoms with Gasteiger partial charge in [-0.2, -0.15) is 5.10 Å². The molecule has 0 spiro atoms. The lowest BCUT2D eigenvalue weighted by atomic mass is 10.1. The van der Waals surface area contributed by atoms with Gasteiger partial charge in [0.05, 0.1) is 18.4 Å². The number of allylic oxidation sites excluding steroid dienone is 4. The third kappa shape index (κ3) is 5.81. The number of primary amides is 1. The van der Waals surface area contributed by atoms with Crippen molar-refractivity contribution in [2.24, 2.45) is 11.5 Å². The smallest absolute Gasteiger partial charge is 0.318 e. The number of amides is 3. The first kappa shape index (κ1) is 24.3. The van der Waals surface area contributed by atoms with Gasteiger partial charge in [0.25, 0.3) is 0 Å². The maximum atomic E-state index is 11.4. The van der Waals surface area contributed by atoms with Crippen LogP contribution < -0.4 is 22.1 Å². The summed E-state index contributed by atoms with van der Waals surface area (Å²) in [7, 11) is 0. The van der Waals surface area contributed by atoms with Crippen LogP contribution in [0.15, 0.2) is 29.9 Å². The molecule has 0 aliphatic carbocycles. The summed E-state index contributed by atoms with van der Waals surface area (Å²) in [6, 6.07) is -0.683. The molecule has 3 aromatic rings. The number of nitrogens with one attached hydrogen (secondary N) is 3. The quantitative estimate of drug-likeness (QED) is 0.281. The normalized spacial score (nSPS) is 11.8. The molecule has 0 aromatic carbocycles. The molecule has 0 aliphatic rings. The minimum absolute atomic E-state index is 0.0731. The molecule has 0 atom stereocenters. The minimum Gasteiger partial charge on any atom is -0.351 e. The largest absolute Gasteiger partial charge is 0.351 e. The van der Waals surface area contributed by atoms with E-state index in [1.807, 2.05) is 24.5 Å². The summed E-state index contributed by atoms with van der Waals surface area (Å²) in [5.41, 5.74) is 14.4. The molecule has 32 heavy (non-hydrogen) atoms. The maximum Gasteiger partial charge on any atom is 0.318 e. The highest BCUT2D eigenvalue weighted by Crippen LogP contribution is 2.31. The number of imidazole rings is 1. The van der Waals surface area contributed by atoms with Gasteiger partial charge in [0.15, 0.2) is 16.6 Å². The van der Waals surface area contributed by atoms with Crippen LogP contribution in [0.4, 0.5) is 9.93 Å². The van der Waals surface area contributed by atoms with Crippen LogP contribution in [0.3, 0.4) is 0 Å². The summed E-state index contributed by atoms with van der Waals surface area (Å²) < 4.78 is 2.58. The Balaban J connectivity index is 0.00000114. The Hall–Kier alpha value is -3.95. The summed E-state index contributed by atoms with van der Waals surface area (Å²) in [6.07, 6.45) is 9.84. The lowest BCUT2D eigenvalue weighted by Gasteiger charge is -2.09. The van der Waals surface area contributed by atoms with Crippen molar-refractivity contribution in [1.29, 1.82) is 0 Å². The molecule has 3 heterocycles. The number of carbonyl (C=O) groups is 2. The second-order valence-electron chi connectivity index (χ2n) is 6.56. The lowest BCUT2D eigenvalue weighted by Crippen LogP contribution is -2.28. The minimum atomic E-state index is -0.683. The predicted molar refractivity (Wildman–Crippen MR) is 126 cm³/mol. The van der Waals surface area contributed by atoms with Gasteiger partial charge in [-0.15, -0.1) is 12.3 Å². The van der Waals surface area contributed by atoms with Crippen LogP contribution >= 0.6 is 11.3 Å². The average Bonchev–Trinajstić information content (AvgIpc) is 3.42. The van der Waals surface area contributed by atoms with Crippen LogP contribution in [0.5, 0.6) is 0 Å². The van der Waals surface area contributed by atoms with Gasteiger partial charge < -0.3 is 16.8 Å². The van der Waals surface area contributed by atoms with Gasteiger partial charge in [-0.1, -0.05) is 11.3 Å². The number of hydrogen-bond donors (Lipinski definition) is 5. The number of aromatic nitrogens is 5. The molecule has 0 unspecified atom stereocenters. The molecular formula is C20H25N9O2S. The predicted octanol–water partition coefficient (Wildman–Crippen LogP) is 2.11. The number of carbonyl (C=O) groups excluding carboxylic acids is 2. The first-order valence-electron chi connectivity index (χ1n) is 9.39. The first-order valence-corrected chi connectivity index (χ1v) is 10.2. The van der Waals surface area contributed by atoms with E-state index in [0.717, 1.165) is 21.5 Å². The summed E-state index contributed by atoms with van der Waals surface area (Å²) >= 11 is 1.25. The van der Waals surface area contributed by atoms with E-state index in [2.05, 4.69) is 43.1 Å². The number of aromatic amines is 1. The van der Waals surface area contributed by atoms with E-state index < -0.39 is 6.03 Å². The molecule has 168 valence electrons. The van der Waals surface area contributed by atoms with E-state index >= 15 is 0 Å². The van der Waals surface area contributed by atoms with Crippen molar-refractivity contribution >= 4 is 44.3 Å². The van der Waals surface area contributed by atoms with E-state index in [1.165, 1.54) is 11.3 Å². The standard InChI is InChI=1S/C17H21N9O2S.C3H4/c1-8(4-9(2)21-12(27)5-18)10(3)11-6-20-7-26(11)15-13-14(24-25-15)22-17(29-13)23-16(19)28;1-3-2/h4,6-7H,5,18H2,1-3H3,(H,21,27)(H4,19,22,23,24,25,28);1H,2H3/b9-4+,10-8+;. The van der Waals surface area contributed by atoms with Gasteiger partial charge in [-0.05, 0) is 44.9 Å². The Morgan fingerprint density at radius 1 is 1.38 bits per heavy atom. The van der Waals surface area contributed by atoms with E-state index in [-0.39, 0.29) is 12.5 Å². The van der Waals surface area contributed by atoms with E-state index in [4.69, 9.17) is 11.5 Å². The summed E-state index contributed by atoms with van der Waals surface area (Å²) in [5, 5.41) is 12.7. The van der Waals surface area contributed by atoms with Crippen molar-refractivity contribution < 1.29 is 9.59 Å². The molecule has 11 nitrogen and oxygen atoms in total. The number of H-pyrrole nitrogens is 1. The summed E-state index contributed by atoms with van der Waals surface area (Å²) in [4.78, 5) is 31.0. The number of terminal acetylenes is 1. The molecule has 0 radical (unpaired) electrons. The van der Waals surface area contributed by atoms with Gasteiger partial charge in [-0.25, -0.2) is 14.8 Å². The van der Waals surface area contributed by atoms with Crippen molar-refractivity contribution in [3.8, 4) is 18.2 Å². The van der Waals surface area contributed by atoms with Crippen LogP contribution in [-0.2, 0) is 4.79 Å². The van der Waals surface area contributed by atoms with E-state index in [9.17, 15) is 9.59 Å². The Kier molecular flexibility index (Phi) is 8.28. The average molecular weight is 456 g/mol. The number of nitrogens with zero attached hydrogens (tertiary/aromatic N) is 4. The first-order chi connectivity index (χ1) is 15.2. The fourth-order valence-corrected chi connectivity index (χ4v) is 3.61. The molecule has 3 amide bonds. The molecule has 0 saturated carbocycles. The Labute approximate surface area is 189 Å². The number of anilines is 1. The SMILES string of the molecule is C#CC.C/C(=C\C(C)=C(/C)c1cncn1-c1n[nH]c2nc(NC(N)=O)sc12)NC(=O)CN. The summed E-state index contributed by atoms with van der Waals surface area (Å²) in [5.74, 6) is 2.60. The maximum absolute atomic E-state index is 11.4. The number of thiazole rings is 1. The molecule has 3 rings (SSSR count). The molecule has 0 fully saturated rings.